The van der Waals surface area contributed by atoms with Crippen LogP contribution in [-0.4, -0.2) is 17.4 Å². The monoisotopic (exact) mass is 303 g/mol. The quantitative estimate of drug-likeness (QED) is 0.854. The lowest BCUT2D eigenvalue weighted by molar-refractivity contribution is 0.0936. The fraction of sp³-hybridized carbons (Fsp3) is 0.375. The molecule has 2 rings (SSSR count). The van der Waals surface area contributed by atoms with Gasteiger partial charge in [0.15, 0.2) is 0 Å². The van der Waals surface area contributed by atoms with Crippen LogP contribution in [0, 0.1) is 6.92 Å². The Morgan fingerprint density at radius 2 is 2.24 bits per heavy atom. The second kappa shape index (κ2) is 7.22. The number of nitrogens with one attached hydrogen (secondary N) is 2. The lowest BCUT2D eigenvalue weighted by Crippen LogP contribution is -2.28. The topological polar surface area (TPSA) is 54.0 Å². The number of anilines is 1. The Balaban J connectivity index is 2.19. The number of thiophene rings is 1. The lowest BCUT2D eigenvalue weighted by Gasteiger charge is -2.17. The summed E-state index contributed by atoms with van der Waals surface area (Å²) in [5.74, 6) is -0.0845. The molecule has 0 saturated carbocycles. The van der Waals surface area contributed by atoms with Gasteiger partial charge < -0.3 is 10.6 Å². The molecule has 112 valence electrons. The van der Waals surface area contributed by atoms with E-state index in [9.17, 15) is 4.79 Å². The summed E-state index contributed by atoms with van der Waals surface area (Å²) < 4.78 is 0. The maximum Gasteiger partial charge on any atom is 0.255 e. The number of aromatic nitrogens is 1. The fourth-order valence-electron chi connectivity index (χ4n) is 2.18. The van der Waals surface area contributed by atoms with E-state index < -0.39 is 0 Å². The Morgan fingerprint density at radius 3 is 2.86 bits per heavy atom. The standard InChI is InChI=1S/C16H21N3OS/c1-4-13(15-7-6-8-21-15)19-16(20)12-10-18-11(3)9-14(12)17-5-2/h6-10,13H,4-5H2,1-3H3,(H,17,18)(H,19,20). The summed E-state index contributed by atoms with van der Waals surface area (Å²) in [6.45, 7) is 6.77. The van der Waals surface area contributed by atoms with Crippen LogP contribution in [0.3, 0.4) is 0 Å². The number of nitrogens with zero attached hydrogens (tertiary/aromatic N) is 1. The maximum atomic E-state index is 12.5. The number of pyridine rings is 1. The number of carbonyl (C=O) groups excluding carboxylic acids is 1. The van der Waals surface area contributed by atoms with Crippen LogP contribution in [0.4, 0.5) is 5.69 Å². The molecule has 1 unspecified atom stereocenters. The molecule has 4 nitrogen and oxygen atoms in total. The molecule has 0 radical (unpaired) electrons. The van der Waals surface area contributed by atoms with E-state index in [2.05, 4.69) is 28.6 Å². The molecule has 0 fully saturated rings. The molecule has 0 aliphatic carbocycles. The van der Waals surface area contributed by atoms with Crippen molar-refractivity contribution in [3.05, 3.63) is 45.9 Å². The number of rotatable bonds is 6. The SMILES string of the molecule is CCNc1cc(C)ncc1C(=O)NC(CC)c1cccs1. The van der Waals surface area contributed by atoms with Crippen molar-refractivity contribution in [3.8, 4) is 0 Å². The minimum Gasteiger partial charge on any atom is -0.385 e. The first kappa shape index (κ1) is 15.5. The van der Waals surface area contributed by atoms with Crippen LogP contribution < -0.4 is 10.6 Å². The number of amides is 1. The van der Waals surface area contributed by atoms with Crippen molar-refractivity contribution in [2.24, 2.45) is 0 Å². The summed E-state index contributed by atoms with van der Waals surface area (Å²) in [6, 6.07) is 6.02. The molecule has 2 aromatic rings. The molecule has 21 heavy (non-hydrogen) atoms. The Kier molecular flexibility index (Phi) is 5.33. The molecular weight excluding hydrogens is 282 g/mol. The smallest absolute Gasteiger partial charge is 0.255 e. The van der Waals surface area contributed by atoms with Crippen LogP contribution in [0.25, 0.3) is 0 Å². The van der Waals surface area contributed by atoms with E-state index in [1.807, 2.05) is 31.4 Å². The summed E-state index contributed by atoms with van der Waals surface area (Å²) in [4.78, 5) is 17.9. The van der Waals surface area contributed by atoms with Crippen LogP contribution >= 0.6 is 11.3 Å². The first-order chi connectivity index (χ1) is 10.2. The second-order valence-corrected chi connectivity index (χ2v) is 5.83. The molecule has 0 aliphatic heterocycles. The molecule has 5 heteroatoms. The minimum absolute atomic E-state index is 0.0493. The van der Waals surface area contributed by atoms with Gasteiger partial charge in [-0.1, -0.05) is 13.0 Å². The van der Waals surface area contributed by atoms with Crippen molar-refractivity contribution < 1.29 is 4.79 Å². The highest BCUT2D eigenvalue weighted by atomic mass is 32.1. The lowest BCUT2D eigenvalue weighted by atomic mass is 10.1. The van der Waals surface area contributed by atoms with Gasteiger partial charge in [-0.2, -0.15) is 0 Å². The van der Waals surface area contributed by atoms with E-state index in [1.54, 1.807) is 17.5 Å². The molecule has 2 N–H and O–H groups in total. The first-order valence-electron chi connectivity index (χ1n) is 7.20. The average molecular weight is 303 g/mol. The van der Waals surface area contributed by atoms with E-state index in [0.717, 1.165) is 24.3 Å². The van der Waals surface area contributed by atoms with Crippen LogP contribution in [-0.2, 0) is 0 Å². The van der Waals surface area contributed by atoms with Crippen molar-refractivity contribution in [1.29, 1.82) is 0 Å². The minimum atomic E-state index is -0.0845. The largest absolute Gasteiger partial charge is 0.385 e. The Labute approximate surface area is 129 Å². The van der Waals surface area contributed by atoms with Crippen molar-refractivity contribution in [1.82, 2.24) is 10.3 Å². The Bertz CT molecular complexity index is 596. The summed E-state index contributed by atoms with van der Waals surface area (Å²) >= 11 is 1.66. The van der Waals surface area contributed by atoms with E-state index >= 15 is 0 Å². The van der Waals surface area contributed by atoms with E-state index in [1.165, 1.54) is 4.88 Å². The van der Waals surface area contributed by atoms with Gasteiger partial charge in [0, 0.05) is 23.3 Å². The molecule has 0 spiro atoms. The van der Waals surface area contributed by atoms with Gasteiger partial charge in [-0.15, -0.1) is 11.3 Å². The number of hydrogen-bond donors (Lipinski definition) is 2. The zero-order valence-electron chi connectivity index (χ0n) is 12.6. The zero-order valence-corrected chi connectivity index (χ0v) is 13.5. The molecule has 1 amide bonds. The van der Waals surface area contributed by atoms with Gasteiger partial charge >= 0.3 is 0 Å². The summed E-state index contributed by atoms with van der Waals surface area (Å²) in [7, 11) is 0. The molecule has 0 saturated heterocycles. The zero-order chi connectivity index (χ0) is 15.2. The van der Waals surface area contributed by atoms with Gasteiger partial charge in [0.2, 0.25) is 0 Å². The maximum absolute atomic E-state index is 12.5. The first-order valence-corrected chi connectivity index (χ1v) is 8.08. The van der Waals surface area contributed by atoms with Crippen LogP contribution in [0.2, 0.25) is 0 Å². The van der Waals surface area contributed by atoms with Gasteiger partial charge in [0.25, 0.3) is 5.91 Å². The Morgan fingerprint density at radius 1 is 1.43 bits per heavy atom. The third-order valence-corrected chi connectivity index (χ3v) is 4.24. The Hall–Kier alpha value is -1.88. The van der Waals surface area contributed by atoms with Crippen LogP contribution in [0.5, 0.6) is 0 Å². The van der Waals surface area contributed by atoms with Crippen molar-refractivity contribution in [2.75, 3.05) is 11.9 Å². The van der Waals surface area contributed by atoms with Crippen LogP contribution in [0.1, 0.15) is 47.2 Å². The van der Waals surface area contributed by atoms with Gasteiger partial charge in [-0.3, -0.25) is 9.78 Å². The summed E-state index contributed by atoms with van der Waals surface area (Å²) in [5.41, 5.74) is 2.33. The number of carbonyl (C=O) groups is 1. The third-order valence-electron chi connectivity index (χ3n) is 3.25. The molecular formula is C16H21N3OS. The number of aryl methyl sites for hydroxylation is 1. The molecule has 1 atom stereocenters. The fourth-order valence-corrected chi connectivity index (χ4v) is 3.04. The molecule has 2 heterocycles. The number of hydrogen-bond acceptors (Lipinski definition) is 4. The predicted octanol–water partition coefficient (Wildman–Crippen LogP) is 3.76. The predicted molar refractivity (Wildman–Crippen MR) is 88.0 cm³/mol. The average Bonchev–Trinajstić information content (AvgIpc) is 2.99. The molecule has 2 aromatic heterocycles. The van der Waals surface area contributed by atoms with Crippen molar-refractivity contribution in [2.45, 2.75) is 33.2 Å². The van der Waals surface area contributed by atoms with E-state index in [0.29, 0.717) is 5.56 Å². The molecule has 0 aliphatic rings. The highest BCUT2D eigenvalue weighted by Gasteiger charge is 2.17. The van der Waals surface area contributed by atoms with Gasteiger partial charge in [-0.25, -0.2) is 0 Å². The van der Waals surface area contributed by atoms with E-state index in [-0.39, 0.29) is 11.9 Å². The second-order valence-electron chi connectivity index (χ2n) is 4.85. The summed E-state index contributed by atoms with van der Waals surface area (Å²) in [5, 5.41) is 8.35. The highest BCUT2D eigenvalue weighted by molar-refractivity contribution is 7.10. The molecule has 0 bridgehead atoms. The van der Waals surface area contributed by atoms with Gasteiger partial charge in [0.05, 0.1) is 17.3 Å². The third kappa shape index (κ3) is 3.82. The highest BCUT2D eigenvalue weighted by Crippen LogP contribution is 2.23. The van der Waals surface area contributed by atoms with Gasteiger partial charge in [-0.05, 0) is 37.8 Å². The van der Waals surface area contributed by atoms with Crippen molar-refractivity contribution >= 4 is 22.9 Å². The van der Waals surface area contributed by atoms with Crippen molar-refractivity contribution in [3.63, 3.8) is 0 Å². The van der Waals surface area contributed by atoms with Crippen LogP contribution in [0.15, 0.2) is 29.8 Å². The summed E-state index contributed by atoms with van der Waals surface area (Å²) in [6.07, 6.45) is 2.51. The molecule has 0 aromatic carbocycles. The van der Waals surface area contributed by atoms with E-state index in [4.69, 9.17) is 0 Å². The van der Waals surface area contributed by atoms with Gasteiger partial charge in [0.1, 0.15) is 0 Å². The normalized spacial score (nSPS) is 12.0.